The van der Waals surface area contributed by atoms with Crippen LogP contribution in [0.25, 0.3) is 10.9 Å². The van der Waals surface area contributed by atoms with Crippen LogP contribution in [-0.4, -0.2) is 126 Å². The summed E-state index contributed by atoms with van der Waals surface area (Å²) in [6, 6.07) is 5.41. The molecular formula is C37H50N6O9. The van der Waals surface area contributed by atoms with Crippen molar-refractivity contribution >= 4 is 46.6 Å². The zero-order valence-corrected chi connectivity index (χ0v) is 30.5. The summed E-state index contributed by atoms with van der Waals surface area (Å²) < 4.78 is 16.4. The van der Waals surface area contributed by atoms with Crippen molar-refractivity contribution in [3.05, 3.63) is 35.5 Å². The van der Waals surface area contributed by atoms with Gasteiger partial charge in [-0.3, -0.25) is 24.0 Å². The molecule has 0 bridgehead atoms. The van der Waals surface area contributed by atoms with E-state index in [-0.39, 0.29) is 81.5 Å². The van der Waals surface area contributed by atoms with E-state index in [4.69, 9.17) is 14.2 Å². The van der Waals surface area contributed by atoms with Gasteiger partial charge in [-0.1, -0.05) is 6.07 Å². The SMILES string of the molecule is CCOC(=O)CCC(NC(=O)c1cc(O[C@H](C)C(=O)N2CCCC2C(=O)NC2CCC2)c2ccc(C)cc2n1)C(=O)N1CCN(C(=O)OCC)CC1. The third-order valence-corrected chi connectivity index (χ3v) is 9.76. The highest BCUT2D eigenvalue weighted by molar-refractivity contribution is 6.00. The number of aromatic nitrogens is 1. The zero-order chi connectivity index (χ0) is 37.4. The van der Waals surface area contributed by atoms with Gasteiger partial charge in [-0.2, -0.15) is 0 Å². The van der Waals surface area contributed by atoms with Gasteiger partial charge in [0.1, 0.15) is 23.5 Å². The first kappa shape index (κ1) is 38.3. The van der Waals surface area contributed by atoms with E-state index >= 15 is 0 Å². The number of fused-ring (bicyclic) bond motifs is 1. The first-order valence-electron chi connectivity index (χ1n) is 18.3. The largest absolute Gasteiger partial charge is 0.480 e. The van der Waals surface area contributed by atoms with Crippen LogP contribution < -0.4 is 15.4 Å². The molecule has 52 heavy (non-hydrogen) atoms. The molecule has 5 rings (SSSR count). The Bertz CT molecular complexity index is 1660. The second-order valence-electron chi connectivity index (χ2n) is 13.5. The van der Waals surface area contributed by atoms with E-state index in [2.05, 4.69) is 15.6 Å². The molecule has 15 nitrogen and oxygen atoms in total. The van der Waals surface area contributed by atoms with Crippen molar-refractivity contribution in [1.82, 2.24) is 30.3 Å². The highest BCUT2D eigenvalue weighted by Gasteiger charge is 2.38. The zero-order valence-electron chi connectivity index (χ0n) is 30.5. The monoisotopic (exact) mass is 722 g/mol. The van der Waals surface area contributed by atoms with Crippen molar-refractivity contribution in [2.75, 3.05) is 45.9 Å². The maximum absolute atomic E-state index is 13.9. The molecule has 2 unspecified atom stereocenters. The van der Waals surface area contributed by atoms with Crippen LogP contribution in [0.3, 0.4) is 0 Å². The fourth-order valence-corrected chi connectivity index (χ4v) is 6.68. The molecular weight excluding hydrogens is 672 g/mol. The molecule has 3 atom stereocenters. The van der Waals surface area contributed by atoms with Crippen LogP contribution in [-0.2, 0) is 28.7 Å². The number of carbonyl (C=O) groups is 6. The normalized spacial score (nSPS) is 18.6. The molecule has 15 heteroatoms. The number of esters is 1. The van der Waals surface area contributed by atoms with Crippen LogP contribution >= 0.6 is 0 Å². The summed E-state index contributed by atoms with van der Waals surface area (Å²) in [5.74, 6) is -1.81. The summed E-state index contributed by atoms with van der Waals surface area (Å²) in [5.41, 5.74) is 1.29. The lowest BCUT2D eigenvalue weighted by Crippen LogP contribution is -2.56. The molecule has 3 fully saturated rings. The average molecular weight is 723 g/mol. The van der Waals surface area contributed by atoms with Crippen molar-refractivity contribution in [3.63, 3.8) is 0 Å². The quantitative estimate of drug-likeness (QED) is 0.293. The number of amides is 5. The van der Waals surface area contributed by atoms with Gasteiger partial charge in [-0.15, -0.1) is 0 Å². The first-order valence-corrected chi connectivity index (χ1v) is 18.3. The average Bonchev–Trinajstić information content (AvgIpc) is 3.61. The van der Waals surface area contributed by atoms with Gasteiger partial charge < -0.3 is 39.5 Å². The number of likely N-dealkylation sites (tertiary alicyclic amines) is 1. The highest BCUT2D eigenvalue weighted by atomic mass is 16.6. The molecule has 2 aromatic rings. The summed E-state index contributed by atoms with van der Waals surface area (Å²) in [6.45, 7) is 8.73. The molecule has 0 radical (unpaired) electrons. The van der Waals surface area contributed by atoms with Crippen molar-refractivity contribution in [2.45, 2.75) is 96.9 Å². The number of pyridine rings is 1. The number of hydrogen-bond acceptors (Lipinski definition) is 10. The van der Waals surface area contributed by atoms with Gasteiger partial charge >= 0.3 is 12.1 Å². The van der Waals surface area contributed by atoms with Gasteiger partial charge in [0.05, 0.1) is 18.7 Å². The minimum absolute atomic E-state index is 0.0194. The fourth-order valence-electron chi connectivity index (χ4n) is 6.68. The number of nitrogens with zero attached hydrogens (tertiary/aromatic N) is 4. The van der Waals surface area contributed by atoms with Crippen molar-refractivity contribution in [3.8, 4) is 5.75 Å². The molecule has 2 N–H and O–H groups in total. The van der Waals surface area contributed by atoms with Crippen LogP contribution in [0.2, 0.25) is 0 Å². The smallest absolute Gasteiger partial charge is 0.409 e. The number of aryl methyl sites for hydroxylation is 1. The highest BCUT2D eigenvalue weighted by Crippen LogP contribution is 2.29. The van der Waals surface area contributed by atoms with E-state index in [1.165, 1.54) is 11.0 Å². The predicted octanol–water partition coefficient (Wildman–Crippen LogP) is 2.71. The Morgan fingerprint density at radius 1 is 0.885 bits per heavy atom. The summed E-state index contributed by atoms with van der Waals surface area (Å²) >= 11 is 0. The van der Waals surface area contributed by atoms with Crippen LogP contribution in [0.15, 0.2) is 24.3 Å². The lowest BCUT2D eigenvalue weighted by atomic mass is 9.93. The van der Waals surface area contributed by atoms with E-state index in [0.717, 1.165) is 24.8 Å². The third-order valence-electron chi connectivity index (χ3n) is 9.76. The van der Waals surface area contributed by atoms with Crippen LogP contribution in [0.4, 0.5) is 4.79 Å². The predicted molar refractivity (Wildman–Crippen MR) is 189 cm³/mol. The van der Waals surface area contributed by atoms with Gasteiger partial charge in [-0.25, -0.2) is 9.78 Å². The summed E-state index contributed by atoms with van der Waals surface area (Å²) in [6.07, 6.45) is 2.71. The number of benzene rings is 1. The van der Waals surface area contributed by atoms with Gasteiger partial charge in [0.2, 0.25) is 11.8 Å². The molecule has 282 valence electrons. The molecule has 2 saturated heterocycles. The minimum Gasteiger partial charge on any atom is -0.480 e. The van der Waals surface area contributed by atoms with Crippen molar-refractivity contribution < 1.29 is 43.0 Å². The second-order valence-corrected chi connectivity index (χ2v) is 13.5. The number of ether oxygens (including phenoxy) is 3. The molecule has 3 heterocycles. The van der Waals surface area contributed by atoms with E-state index in [9.17, 15) is 28.8 Å². The van der Waals surface area contributed by atoms with E-state index in [0.29, 0.717) is 30.3 Å². The summed E-state index contributed by atoms with van der Waals surface area (Å²) in [4.78, 5) is 88.0. The number of piperazine rings is 1. The van der Waals surface area contributed by atoms with Gasteiger partial charge in [0.25, 0.3) is 11.8 Å². The number of nitrogens with one attached hydrogen (secondary N) is 2. The maximum atomic E-state index is 13.9. The fraction of sp³-hybridized carbons (Fsp3) is 0.595. The number of hydrogen-bond donors (Lipinski definition) is 2. The Morgan fingerprint density at radius 2 is 1.60 bits per heavy atom. The molecule has 5 amide bonds. The standard InChI is InChI=1S/C37H50N6O9/c1-5-50-32(44)15-14-27(36(48)41-17-19-42(20-18-41)37(49)51-6-2)40-33(45)29-22-31(26-13-12-23(3)21-28(26)39-29)52-24(4)35(47)43-16-8-11-30(43)34(46)38-25-9-7-10-25/h12-13,21-22,24-25,27,30H,5-11,14-20H2,1-4H3,(H,38,46)(H,40,45)/t24-,27?,30?/m1/s1. The first-order chi connectivity index (χ1) is 25.0. The molecule has 1 saturated carbocycles. The lowest BCUT2D eigenvalue weighted by Gasteiger charge is -2.36. The van der Waals surface area contributed by atoms with E-state index in [1.807, 2.05) is 13.0 Å². The summed E-state index contributed by atoms with van der Waals surface area (Å²) in [5, 5.41) is 6.41. The van der Waals surface area contributed by atoms with E-state index in [1.54, 1.807) is 42.7 Å². The lowest BCUT2D eigenvalue weighted by molar-refractivity contribution is -0.144. The topological polar surface area (TPSA) is 177 Å². The van der Waals surface area contributed by atoms with Gasteiger partial charge in [0.15, 0.2) is 6.10 Å². The molecule has 2 aliphatic heterocycles. The second kappa shape index (κ2) is 17.5. The Hall–Kier alpha value is -4.95. The molecule has 3 aliphatic rings. The minimum atomic E-state index is -1.09. The molecule has 1 aromatic carbocycles. The number of rotatable bonds is 13. The van der Waals surface area contributed by atoms with Crippen LogP contribution in [0, 0.1) is 6.92 Å². The summed E-state index contributed by atoms with van der Waals surface area (Å²) in [7, 11) is 0. The Labute approximate surface area is 303 Å². The maximum Gasteiger partial charge on any atom is 0.409 e. The molecule has 1 aliphatic carbocycles. The third kappa shape index (κ3) is 9.28. The molecule has 1 aromatic heterocycles. The van der Waals surface area contributed by atoms with Crippen LogP contribution in [0.1, 0.15) is 81.8 Å². The van der Waals surface area contributed by atoms with Crippen LogP contribution in [0.5, 0.6) is 5.75 Å². The van der Waals surface area contributed by atoms with Crippen molar-refractivity contribution in [2.24, 2.45) is 0 Å². The Balaban J connectivity index is 1.33. The number of carbonyl (C=O) groups excluding carboxylic acids is 6. The van der Waals surface area contributed by atoms with E-state index < -0.39 is 42.1 Å². The van der Waals surface area contributed by atoms with Gasteiger partial charge in [-0.05, 0) is 83.9 Å². The van der Waals surface area contributed by atoms with Crippen molar-refractivity contribution in [1.29, 1.82) is 0 Å². The Morgan fingerprint density at radius 3 is 2.27 bits per heavy atom. The van der Waals surface area contributed by atoms with Gasteiger partial charge in [0, 0.05) is 56.6 Å². The molecule has 0 spiro atoms. The Kier molecular flexibility index (Phi) is 12.9.